The topological polar surface area (TPSA) is 73.6 Å². The van der Waals surface area contributed by atoms with Crippen molar-refractivity contribution in [2.24, 2.45) is 0 Å². The molecule has 0 spiro atoms. The van der Waals surface area contributed by atoms with Gasteiger partial charge in [0.15, 0.2) is 11.5 Å². The minimum atomic E-state index is -0.830. The van der Waals surface area contributed by atoms with Crippen molar-refractivity contribution in [3.8, 4) is 11.5 Å². The minimum Gasteiger partial charge on any atom is -0.481 e. The van der Waals surface area contributed by atoms with Gasteiger partial charge < -0.3 is 19.1 Å². The fourth-order valence-corrected chi connectivity index (χ4v) is 2.94. The van der Waals surface area contributed by atoms with Crippen LogP contribution >= 0.6 is 0 Å². The van der Waals surface area contributed by atoms with E-state index in [4.69, 9.17) is 19.6 Å². The monoisotopic (exact) mass is 324 g/mol. The van der Waals surface area contributed by atoms with Crippen molar-refractivity contribution < 1.29 is 19.4 Å². The Morgan fingerprint density at radius 3 is 2.67 bits per heavy atom. The Morgan fingerprint density at radius 2 is 1.92 bits per heavy atom. The predicted molar refractivity (Wildman–Crippen MR) is 87.4 cm³/mol. The van der Waals surface area contributed by atoms with E-state index < -0.39 is 5.97 Å². The smallest absolute Gasteiger partial charge is 0.305 e. The fourth-order valence-electron chi connectivity index (χ4n) is 2.94. The van der Waals surface area contributed by atoms with Gasteiger partial charge in [-0.1, -0.05) is 30.3 Å². The lowest BCUT2D eigenvalue weighted by molar-refractivity contribution is -0.137. The van der Waals surface area contributed by atoms with Crippen LogP contribution in [0.3, 0.4) is 0 Å². The lowest BCUT2D eigenvalue weighted by atomic mass is 10.1. The van der Waals surface area contributed by atoms with Crippen LogP contribution in [-0.4, -0.2) is 27.4 Å². The molecule has 3 aromatic rings. The van der Waals surface area contributed by atoms with E-state index in [1.54, 1.807) is 0 Å². The Kier molecular flexibility index (Phi) is 3.57. The van der Waals surface area contributed by atoms with Gasteiger partial charge in [0.1, 0.15) is 5.82 Å². The van der Waals surface area contributed by atoms with Crippen LogP contribution in [-0.2, 0) is 17.8 Å². The highest BCUT2D eigenvalue weighted by atomic mass is 16.7. The molecule has 0 unspecified atom stereocenters. The number of nitrogens with zero attached hydrogens (tertiary/aromatic N) is 2. The maximum atomic E-state index is 11.0. The highest BCUT2D eigenvalue weighted by molar-refractivity contribution is 5.81. The average Bonchev–Trinajstić information content (AvgIpc) is 3.15. The van der Waals surface area contributed by atoms with Gasteiger partial charge in [-0.2, -0.15) is 0 Å². The molecule has 6 heteroatoms. The summed E-state index contributed by atoms with van der Waals surface area (Å²) in [5.74, 6) is 1.35. The highest BCUT2D eigenvalue weighted by Gasteiger charge is 2.19. The molecule has 1 aromatic heterocycles. The standard InChI is InChI=1S/C18H16N2O4/c21-18(22)6-7-20-14-10-16-15(23-11-24-16)9-13(14)19-17(20)8-12-4-2-1-3-5-12/h1-5,9-10H,6-8,11H2,(H,21,22). The van der Waals surface area contributed by atoms with Gasteiger partial charge >= 0.3 is 5.97 Å². The number of aryl methyl sites for hydroxylation is 1. The van der Waals surface area contributed by atoms with Crippen molar-refractivity contribution in [1.82, 2.24) is 9.55 Å². The normalized spacial score (nSPS) is 12.7. The van der Waals surface area contributed by atoms with E-state index in [0.717, 1.165) is 22.4 Å². The number of hydrogen-bond acceptors (Lipinski definition) is 4. The molecule has 0 radical (unpaired) electrons. The third-order valence-corrected chi connectivity index (χ3v) is 4.08. The Hall–Kier alpha value is -3.02. The molecule has 1 aliphatic heterocycles. The van der Waals surface area contributed by atoms with Crippen LogP contribution in [0.15, 0.2) is 42.5 Å². The second kappa shape index (κ2) is 5.88. The zero-order valence-corrected chi connectivity index (χ0v) is 12.9. The third-order valence-electron chi connectivity index (χ3n) is 4.08. The summed E-state index contributed by atoms with van der Waals surface area (Å²) in [5, 5.41) is 9.04. The van der Waals surface area contributed by atoms with Crippen LogP contribution in [0.4, 0.5) is 0 Å². The zero-order valence-electron chi connectivity index (χ0n) is 12.9. The molecule has 0 saturated carbocycles. The molecule has 1 aliphatic rings. The van der Waals surface area contributed by atoms with Crippen LogP contribution in [0, 0.1) is 0 Å². The van der Waals surface area contributed by atoms with Gasteiger partial charge in [0.2, 0.25) is 6.79 Å². The van der Waals surface area contributed by atoms with Crippen LogP contribution in [0.5, 0.6) is 11.5 Å². The highest BCUT2D eigenvalue weighted by Crippen LogP contribution is 2.36. The number of carboxylic acids is 1. The molecule has 0 saturated heterocycles. The first-order valence-corrected chi connectivity index (χ1v) is 7.75. The van der Waals surface area contributed by atoms with E-state index in [2.05, 4.69) is 0 Å². The molecule has 1 N–H and O–H groups in total. The maximum Gasteiger partial charge on any atom is 0.305 e. The molecule has 122 valence electrons. The number of aromatic nitrogens is 2. The summed E-state index contributed by atoms with van der Waals surface area (Å²) in [6.07, 6.45) is 0.684. The molecular formula is C18H16N2O4. The Bertz CT molecular complexity index is 902. The molecule has 2 aromatic carbocycles. The van der Waals surface area contributed by atoms with E-state index >= 15 is 0 Å². The predicted octanol–water partition coefficient (Wildman–Crippen LogP) is 2.83. The fraction of sp³-hybridized carbons (Fsp3) is 0.222. The van der Waals surface area contributed by atoms with Crippen molar-refractivity contribution in [3.05, 3.63) is 53.9 Å². The first kappa shape index (κ1) is 14.6. The lowest BCUT2D eigenvalue weighted by Crippen LogP contribution is -2.08. The van der Waals surface area contributed by atoms with Crippen LogP contribution < -0.4 is 9.47 Å². The van der Waals surface area contributed by atoms with Crippen LogP contribution in [0.2, 0.25) is 0 Å². The lowest BCUT2D eigenvalue weighted by Gasteiger charge is -2.08. The number of ether oxygens (including phenoxy) is 2. The van der Waals surface area contributed by atoms with E-state index in [1.807, 2.05) is 47.0 Å². The number of rotatable bonds is 5. The van der Waals surface area contributed by atoms with Crippen LogP contribution in [0.25, 0.3) is 11.0 Å². The number of benzene rings is 2. The van der Waals surface area contributed by atoms with Crippen molar-refractivity contribution in [2.75, 3.05) is 6.79 Å². The average molecular weight is 324 g/mol. The number of hydrogen-bond donors (Lipinski definition) is 1. The summed E-state index contributed by atoms with van der Waals surface area (Å²) >= 11 is 0. The Balaban J connectivity index is 1.78. The number of aliphatic carboxylic acids is 1. The zero-order chi connectivity index (χ0) is 16.5. The van der Waals surface area contributed by atoms with Gasteiger partial charge in [0.25, 0.3) is 0 Å². The van der Waals surface area contributed by atoms with Gasteiger partial charge in [-0.25, -0.2) is 4.98 Å². The van der Waals surface area contributed by atoms with Crippen LogP contribution in [0.1, 0.15) is 17.8 Å². The second-order valence-electron chi connectivity index (χ2n) is 5.68. The Morgan fingerprint density at radius 1 is 1.17 bits per heavy atom. The molecule has 24 heavy (non-hydrogen) atoms. The maximum absolute atomic E-state index is 11.0. The summed E-state index contributed by atoms with van der Waals surface area (Å²) in [5.41, 5.74) is 2.78. The number of carbonyl (C=O) groups is 1. The molecule has 0 fully saturated rings. The van der Waals surface area contributed by atoms with Crippen molar-refractivity contribution in [1.29, 1.82) is 0 Å². The summed E-state index contributed by atoms with van der Waals surface area (Å²) in [6.45, 7) is 0.571. The molecule has 0 atom stereocenters. The molecule has 0 aliphatic carbocycles. The van der Waals surface area contributed by atoms with Gasteiger partial charge in [-0.05, 0) is 5.56 Å². The van der Waals surface area contributed by atoms with E-state index in [-0.39, 0.29) is 13.2 Å². The van der Waals surface area contributed by atoms with Crippen molar-refractivity contribution in [3.63, 3.8) is 0 Å². The van der Waals surface area contributed by atoms with E-state index in [0.29, 0.717) is 24.5 Å². The number of imidazole rings is 1. The molecule has 6 nitrogen and oxygen atoms in total. The molecule has 4 rings (SSSR count). The second-order valence-corrected chi connectivity index (χ2v) is 5.68. The summed E-state index contributed by atoms with van der Waals surface area (Å²) in [7, 11) is 0. The van der Waals surface area contributed by atoms with Gasteiger partial charge in [-0.15, -0.1) is 0 Å². The SMILES string of the molecule is O=C(O)CCn1c(Cc2ccccc2)nc2cc3c(cc21)OCO3. The summed E-state index contributed by atoms with van der Waals surface area (Å²) < 4.78 is 12.8. The van der Waals surface area contributed by atoms with E-state index in [9.17, 15) is 4.79 Å². The van der Waals surface area contributed by atoms with Crippen molar-refractivity contribution in [2.45, 2.75) is 19.4 Å². The molecular weight excluding hydrogens is 308 g/mol. The number of fused-ring (bicyclic) bond motifs is 2. The summed E-state index contributed by atoms with van der Waals surface area (Å²) in [4.78, 5) is 15.7. The largest absolute Gasteiger partial charge is 0.481 e. The van der Waals surface area contributed by atoms with Crippen molar-refractivity contribution >= 4 is 17.0 Å². The molecule has 2 heterocycles. The molecule has 0 bridgehead atoms. The minimum absolute atomic E-state index is 0.0433. The van der Waals surface area contributed by atoms with E-state index in [1.165, 1.54) is 0 Å². The summed E-state index contributed by atoms with van der Waals surface area (Å²) in [6, 6.07) is 13.7. The van der Waals surface area contributed by atoms with Gasteiger partial charge in [0, 0.05) is 25.1 Å². The van der Waals surface area contributed by atoms with Gasteiger partial charge in [0.05, 0.1) is 17.5 Å². The quantitative estimate of drug-likeness (QED) is 0.781. The Labute approximate surface area is 138 Å². The van der Waals surface area contributed by atoms with Gasteiger partial charge in [-0.3, -0.25) is 4.79 Å². The number of carboxylic acid groups (broad SMARTS) is 1. The molecule has 0 amide bonds. The third kappa shape index (κ3) is 2.67. The first-order chi connectivity index (χ1) is 11.7. The first-order valence-electron chi connectivity index (χ1n) is 7.75.